The number of rotatable bonds is 3. The third kappa shape index (κ3) is 2.77. The summed E-state index contributed by atoms with van der Waals surface area (Å²) in [6, 6.07) is 10.7. The lowest BCUT2D eigenvalue weighted by atomic mass is 10.1. The smallest absolute Gasteiger partial charge is 0.337 e. The van der Waals surface area contributed by atoms with Crippen molar-refractivity contribution in [3.63, 3.8) is 0 Å². The Labute approximate surface area is 148 Å². The molecule has 2 heterocycles. The van der Waals surface area contributed by atoms with Crippen molar-refractivity contribution in [3.8, 4) is 0 Å². The summed E-state index contributed by atoms with van der Waals surface area (Å²) in [5.74, 6) is -0.404. The normalized spacial score (nSPS) is 13.0. The van der Waals surface area contributed by atoms with Gasteiger partial charge in [-0.05, 0) is 47.9 Å². The van der Waals surface area contributed by atoms with E-state index in [-0.39, 0.29) is 24.0 Å². The van der Waals surface area contributed by atoms with Gasteiger partial charge in [-0.15, -0.1) is 0 Å². The lowest BCUT2D eigenvalue weighted by Gasteiger charge is -2.17. The molecule has 0 atom stereocenters. The zero-order chi connectivity index (χ0) is 18.3. The molecular weight excluding hydrogens is 334 g/mol. The molecule has 2 aromatic carbocycles. The lowest BCUT2D eigenvalue weighted by Crippen LogP contribution is -2.30. The number of nitrogens with one attached hydrogen (secondary N) is 2. The summed E-state index contributed by atoms with van der Waals surface area (Å²) in [6.07, 6.45) is 0.942. The van der Waals surface area contributed by atoms with E-state index in [4.69, 9.17) is 4.74 Å². The van der Waals surface area contributed by atoms with Crippen molar-refractivity contribution in [2.24, 2.45) is 0 Å². The first-order chi connectivity index (χ1) is 12.5. The van der Waals surface area contributed by atoms with Crippen LogP contribution in [0.25, 0.3) is 11.0 Å². The minimum atomic E-state index is -0.383. The molecule has 1 aromatic heterocycles. The van der Waals surface area contributed by atoms with Crippen LogP contribution in [-0.4, -0.2) is 35.5 Å². The molecule has 0 spiro atoms. The number of aromatic nitrogens is 2. The fourth-order valence-electron chi connectivity index (χ4n) is 3.37. The number of benzene rings is 2. The van der Waals surface area contributed by atoms with E-state index in [2.05, 4.69) is 9.97 Å². The predicted octanol–water partition coefficient (Wildman–Crippen LogP) is 1.77. The SMILES string of the molecule is COC(=O)c1ccc2c(c1)CCN2C(=O)Cc1ccc2[nH]c(=O)[nH]c2c1. The van der Waals surface area contributed by atoms with Gasteiger partial charge in [0.25, 0.3) is 0 Å². The maximum atomic E-state index is 12.7. The Morgan fingerprint density at radius 3 is 2.73 bits per heavy atom. The summed E-state index contributed by atoms with van der Waals surface area (Å²) in [7, 11) is 1.35. The molecule has 0 saturated heterocycles. The second-order valence-corrected chi connectivity index (χ2v) is 6.27. The van der Waals surface area contributed by atoms with Crippen molar-refractivity contribution in [2.45, 2.75) is 12.8 Å². The van der Waals surface area contributed by atoms with Crippen LogP contribution < -0.4 is 10.6 Å². The summed E-state index contributed by atoms with van der Waals surface area (Å²) in [5.41, 5.74) is 4.25. The quantitative estimate of drug-likeness (QED) is 0.703. The van der Waals surface area contributed by atoms with Crippen molar-refractivity contribution in [1.29, 1.82) is 0 Å². The Morgan fingerprint density at radius 2 is 1.92 bits per heavy atom. The van der Waals surface area contributed by atoms with Crippen LogP contribution in [0, 0.1) is 0 Å². The first-order valence-electron chi connectivity index (χ1n) is 8.27. The van der Waals surface area contributed by atoms with Crippen LogP contribution >= 0.6 is 0 Å². The number of anilines is 1. The summed E-state index contributed by atoms with van der Waals surface area (Å²) in [5, 5.41) is 0. The average Bonchev–Trinajstić information content (AvgIpc) is 3.22. The van der Waals surface area contributed by atoms with Crippen LogP contribution in [-0.2, 0) is 22.4 Å². The van der Waals surface area contributed by atoms with E-state index in [1.54, 1.807) is 29.2 Å². The highest BCUT2D eigenvalue weighted by Gasteiger charge is 2.25. The van der Waals surface area contributed by atoms with Crippen molar-refractivity contribution in [3.05, 3.63) is 63.6 Å². The number of nitrogens with zero attached hydrogens (tertiary/aromatic N) is 1. The van der Waals surface area contributed by atoms with Gasteiger partial charge in [0.2, 0.25) is 5.91 Å². The first-order valence-corrected chi connectivity index (χ1v) is 8.27. The summed E-state index contributed by atoms with van der Waals surface area (Å²) in [6.45, 7) is 0.585. The van der Waals surface area contributed by atoms with Gasteiger partial charge < -0.3 is 19.6 Å². The van der Waals surface area contributed by atoms with Crippen molar-refractivity contribution >= 4 is 28.6 Å². The number of carbonyl (C=O) groups is 2. The molecule has 0 radical (unpaired) electrons. The molecule has 1 aliphatic rings. The number of esters is 1. The fourth-order valence-corrected chi connectivity index (χ4v) is 3.37. The number of imidazole rings is 1. The van der Waals surface area contributed by atoms with E-state index in [0.717, 1.165) is 16.8 Å². The van der Waals surface area contributed by atoms with Crippen molar-refractivity contribution in [1.82, 2.24) is 9.97 Å². The Hall–Kier alpha value is -3.35. The Morgan fingerprint density at radius 1 is 1.12 bits per heavy atom. The lowest BCUT2D eigenvalue weighted by molar-refractivity contribution is -0.117. The van der Waals surface area contributed by atoms with E-state index in [1.807, 2.05) is 12.1 Å². The molecule has 0 unspecified atom stereocenters. The molecule has 26 heavy (non-hydrogen) atoms. The minimum Gasteiger partial charge on any atom is -0.465 e. The van der Waals surface area contributed by atoms with Gasteiger partial charge in [-0.3, -0.25) is 4.79 Å². The largest absolute Gasteiger partial charge is 0.465 e. The third-order valence-electron chi connectivity index (χ3n) is 4.63. The zero-order valence-corrected chi connectivity index (χ0v) is 14.2. The van der Waals surface area contributed by atoms with Gasteiger partial charge in [0, 0.05) is 12.2 Å². The van der Waals surface area contributed by atoms with E-state index < -0.39 is 0 Å². The molecule has 3 aromatic rings. The van der Waals surface area contributed by atoms with Gasteiger partial charge in [-0.2, -0.15) is 0 Å². The molecule has 0 saturated carbocycles. The van der Waals surface area contributed by atoms with Crippen LogP contribution in [0.3, 0.4) is 0 Å². The van der Waals surface area contributed by atoms with E-state index in [1.165, 1.54) is 7.11 Å². The summed E-state index contributed by atoms with van der Waals surface area (Å²) >= 11 is 0. The molecule has 7 nitrogen and oxygen atoms in total. The maximum Gasteiger partial charge on any atom is 0.337 e. The number of aromatic amines is 2. The highest BCUT2D eigenvalue weighted by molar-refractivity contribution is 5.98. The van der Waals surface area contributed by atoms with Crippen molar-refractivity contribution in [2.75, 3.05) is 18.6 Å². The Balaban J connectivity index is 1.56. The number of ether oxygens (including phenoxy) is 1. The van der Waals surface area contributed by atoms with Gasteiger partial charge in [0.05, 0.1) is 30.1 Å². The molecule has 4 rings (SSSR count). The van der Waals surface area contributed by atoms with Crippen LogP contribution in [0.15, 0.2) is 41.2 Å². The number of hydrogen-bond donors (Lipinski definition) is 2. The van der Waals surface area contributed by atoms with E-state index >= 15 is 0 Å². The molecule has 132 valence electrons. The predicted molar refractivity (Wildman–Crippen MR) is 96.5 cm³/mol. The second kappa shape index (κ2) is 6.18. The van der Waals surface area contributed by atoms with Gasteiger partial charge in [0.1, 0.15) is 0 Å². The van der Waals surface area contributed by atoms with Gasteiger partial charge in [-0.1, -0.05) is 6.07 Å². The molecule has 1 amide bonds. The van der Waals surface area contributed by atoms with Crippen LogP contribution in [0.4, 0.5) is 5.69 Å². The molecule has 0 aliphatic carbocycles. The molecular formula is C19H17N3O4. The average molecular weight is 351 g/mol. The summed E-state index contributed by atoms with van der Waals surface area (Å²) < 4.78 is 4.74. The monoisotopic (exact) mass is 351 g/mol. The zero-order valence-electron chi connectivity index (χ0n) is 14.2. The van der Waals surface area contributed by atoms with Crippen LogP contribution in [0.2, 0.25) is 0 Å². The molecule has 2 N–H and O–H groups in total. The van der Waals surface area contributed by atoms with Crippen LogP contribution in [0.5, 0.6) is 0 Å². The molecule has 7 heteroatoms. The maximum absolute atomic E-state index is 12.7. The standard InChI is InChI=1S/C19H17N3O4/c1-26-18(24)13-3-5-16-12(10-13)6-7-22(16)17(23)9-11-2-4-14-15(8-11)21-19(25)20-14/h2-5,8,10H,6-7,9H2,1H3,(H2,20,21,25). The van der Waals surface area contributed by atoms with Crippen LogP contribution in [0.1, 0.15) is 21.5 Å². The van der Waals surface area contributed by atoms with E-state index in [0.29, 0.717) is 29.6 Å². The molecule has 0 fully saturated rings. The number of H-pyrrole nitrogens is 2. The molecule has 0 bridgehead atoms. The highest BCUT2D eigenvalue weighted by Crippen LogP contribution is 2.29. The van der Waals surface area contributed by atoms with Gasteiger partial charge in [-0.25, -0.2) is 9.59 Å². The Kier molecular flexibility index (Phi) is 3.84. The minimum absolute atomic E-state index is 0.0215. The number of methoxy groups -OCH3 is 1. The fraction of sp³-hybridized carbons (Fsp3) is 0.211. The number of hydrogen-bond acceptors (Lipinski definition) is 4. The first kappa shape index (κ1) is 16.1. The van der Waals surface area contributed by atoms with Gasteiger partial charge >= 0.3 is 11.7 Å². The Bertz CT molecular complexity index is 1080. The van der Waals surface area contributed by atoms with Gasteiger partial charge in [0.15, 0.2) is 0 Å². The second-order valence-electron chi connectivity index (χ2n) is 6.27. The summed E-state index contributed by atoms with van der Waals surface area (Å²) in [4.78, 5) is 42.9. The third-order valence-corrected chi connectivity index (χ3v) is 4.63. The number of fused-ring (bicyclic) bond motifs is 2. The highest BCUT2D eigenvalue weighted by atomic mass is 16.5. The van der Waals surface area contributed by atoms with Crippen molar-refractivity contribution < 1.29 is 14.3 Å². The number of carbonyl (C=O) groups excluding carboxylic acids is 2. The molecule has 1 aliphatic heterocycles. The topological polar surface area (TPSA) is 95.3 Å². The number of amides is 1. The van der Waals surface area contributed by atoms with E-state index in [9.17, 15) is 14.4 Å².